The van der Waals surface area contributed by atoms with Crippen LogP contribution < -0.4 is 5.73 Å². The molecule has 0 amide bonds. The van der Waals surface area contributed by atoms with Crippen LogP contribution in [0.15, 0.2) is 24.5 Å². The number of nitrogens with two attached hydrogens (primary N) is 1. The molecule has 3 nitrogen and oxygen atoms in total. The van der Waals surface area contributed by atoms with E-state index in [1.807, 2.05) is 0 Å². The highest BCUT2D eigenvalue weighted by Crippen LogP contribution is 2.24. The maximum absolute atomic E-state index is 13.7. The van der Waals surface area contributed by atoms with Crippen LogP contribution in [-0.4, -0.2) is 9.97 Å². The summed E-state index contributed by atoms with van der Waals surface area (Å²) in [7, 11) is 0. The smallest absolute Gasteiger partial charge is 0.134 e. The molecule has 1 heterocycles. The maximum atomic E-state index is 13.7. The third-order valence-corrected chi connectivity index (χ3v) is 2.44. The Labute approximate surface area is 91.3 Å². The minimum absolute atomic E-state index is 0.157. The second-order valence-corrected chi connectivity index (χ2v) is 3.54. The molecular weight excluding hydrogens is 212 g/mol. The van der Waals surface area contributed by atoms with E-state index in [-0.39, 0.29) is 5.56 Å². The molecule has 0 saturated carbocycles. The van der Waals surface area contributed by atoms with Crippen LogP contribution in [0.2, 0.25) is 0 Å². The predicted molar refractivity (Wildman–Crippen MR) is 55.7 cm³/mol. The van der Waals surface area contributed by atoms with Crippen molar-refractivity contribution >= 4 is 0 Å². The first-order valence-electron chi connectivity index (χ1n) is 4.80. The molecule has 0 aliphatic carbocycles. The van der Waals surface area contributed by atoms with Crippen LogP contribution >= 0.6 is 0 Å². The number of benzene rings is 1. The van der Waals surface area contributed by atoms with Gasteiger partial charge in [0.2, 0.25) is 0 Å². The zero-order valence-corrected chi connectivity index (χ0v) is 8.67. The van der Waals surface area contributed by atoms with Gasteiger partial charge in [0.15, 0.2) is 0 Å². The van der Waals surface area contributed by atoms with Crippen LogP contribution in [0.4, 0.5) is 8.78 Å². The molecule has 3 N–H and O–H groups in total. The first kappa shape index (κ1) is 10.8. The normalized spacial score (nSPS) is 12.8. The van der Waals surface area contributed by atoms with Gasteiger partial charge in [0.25, 0.3) is 0 Å². The summed E-state index contributed by atoms with van der Waals surface area (Å²) in [5.74, 6) is -0.945. The van der Waals surface area contributed by atoms with Crippen LogP contribution in [-0.2, 0) is 0 Å². The molecule has 0 aliphatic rings. The number of H-pyrrole nitrogens is 1. The second-order valence-electron chi connectivity index (χ2n) is 3.54. The number of nitrogens with one attached hydrogen (secondary N) is 1. The van der Waals surface area contributed by atoms with Gasteiger partial charge in [0.05, 0.1) is 6.04 Å². The van der Waals surface area contributed by atoms with Crippen molar-refractivity contribution < 1.29 is 8.78 Å². The average molecular weight is 223 g/mol. The lowest BCUT2D eigenvalue weighted by Crippen LogP contribution is -2.17. The van der Waals surface area contributed by atoms with Crippen molar-refractivity contribution in [3.63, 3.8) is 0 Å². The molecule has 0 aliphatic heterocycles. The SMILES string of the molecule is Cc1ccc(F)c(C(N)c2ncc[nH]2)c1F. The number of imidazole rings is 1. The number of aryl methyl sites for hydroxylation is 1. The van der Waals surface area contributed by atoms with Crippen molar-refractivity contribution in [3.05, 3.63) is 53.1 Å². The van der Waals surface area contributed by atoms with Gasteiger partial charge in [-0.05, 0) is 18.6 Å². The Bertz CT molecular complexity index is 494. The maximum Gasteiger partial charge on any atom is 0.134 e. The van der Waals surface area contributed by atoms with Gasteiger partial charge >= 0.3 is 0 Å². The number of hydrogen-bond donors (Lipinski definition) is 2. The fraction of sp³-hybridized carbons (Fsp3) is 0.182. The van der Waals surface area contributed by atoms with Gasteiger partial charge in [0, 0.05) is 18.0 Å². The van der Waals surface area contributed by atoms with Crippen LogP contribution in [0, 0.1) is 18.6 Å². The minimum atomic E-state index is -0.921. The lowest BCUT2D eigenvalue weighted by atomic mass is 10.0. The van der Waals surface area contributed by atoms with Gasteiger partial charge in [-0.25, -0.2) is 13.8 Å². The van der Waals surface area contributed by atoms with Gasteiger partial charge < -0.3 is 10.7 Å². The number of nitrogens with zero attached hydrogens (tertiary/aromatic N) is 1. The number of halogens is 2. The molecule has 1 aromatic carbocycles. The van der Waals surface area contributed by atoms with E-state index in [9.17, 15) is 8.78 Å². The van der Waals surface area contributed by atoms with Gasteiger partial charge in [-0.15, -0.1) is 0 Å². The van der Waals surface area contributed by atoms with Crippen molar-refractivity contribution in [1.82, 2.24) is 9.97 Å². The molecule has 0 saturated heterocycles. The molecule has 0 bridgehead atoms. The van der Waals surface area contributed by atoms with Gasteiger partial charge in [-0.2, -0.15) is 0 Å². The summed E-state index contributed by atoms with van der Waals surface area (Å²) in [4.78, 5) is 6.63. The molecule has 0 radical (unpaired) electrons. The van der Waals surface area contributed by atoms with Gasteiger partial charge in [-0.3, -0.25) is 0 Å². The van der Waals surface area contributed by atoms with Crippen molar-refractivity contribution in [2.75, 3.05) is 0 Å². The molecule has 84 valence electrons. The van der Waals surface area contributed by atoms with E-state index < -0.39 is 17.7 Å². The zero-order valence-electron chi connectivity index (χ0n) is 8.67. The standard InChI is InChI=1S/C11H11F2N3/c1-6-2-3-7(12)8(9(6)13)10(14)11-15-4-5-16-11/h2-5,10H,14H2,1H3,(H,15,16). The van der Waals surface area contributed by atoms with Crippen LogP contribution in [0.1, 0.15) is 23.0 Å². The Balaban J connectivity index is 2.52. The number of aromatic amines is 1. The topological polar surface area (TPSA) is 54.7 Å². The van der Waals surface area contributed by atoms with Gasteiger partial charge in [-0.1, -0.05) is 6.07 Å². The van der Waals surface area contributed by atoms with Crippen molar-refractivity contribution in [1.29, 1.82) is 0 Å². The van der Waals surface area contributed by atoms with Crippen LogP contribution in [0.5, 0.6) is 0 Å². The first-order valence-corrected chi connectivity index (χ1v) is 4.80. The van der Waals surface area contributed by atoms with E-state index in [2.05, 4.69) is 9.97 Å². The third kappa shape index (κ3) is 1.69. The van der Waals surface area contributed by atoms with Crippen molar-refractivity contribution in [2.45, 2.75) is 13.0 Å². The molecule has 5 heteroatoms. The van der Waals surface area contributed by atoms with Crippen molar-refractivity contribution in [3.8, 4) is 0 Å². The Morgan fingerprint density at radius 3 is 2.75 bits per heavy atom. The summed E-state index contributed by atoms with van der Waals surface area (Å²) in [5.41, 5.74) is 5.96. The van der Waals surface area contributed by atoms with Crippen LogP contribution in [0.3, 0.4) is 0 Å². The fourth-order valence-electron chi connectivity index (χ4n) is 1.55. The predicted octanol–water partition coefficient (Wildman–Crippen LogP) is 2.04. The molecule has 1 aromatic heterocycles. The van der Waals surface area contributed by atoms with E-state index in [0.717, 1.165) is 0 Å². The summed E-state index contributed by atoms with van der Waals surface area (Å²) in [6.07, 6.45) is 3.04. The van der Waals surface area contributed by atoms with Gasteiger partial charge in [0.1, 0.15) is 17.5 Å². The minimum Gasteiger partial charge on any atom is -0.347 e. The Hall–Kier alpha value is -1.75. The molecule has 16 heavy (non-hydrogen) atoms. The Morgan fingerprint density at radius 1 is 1.38 bits per heavy atom. The third-order valence-electron chi connectivity index (χ3n) is 2.44. The summed E-state index contributed by atoms with van der Waals surface area (Å²) in [5, 5.41) is 0. The lowest BCUT2D eigenvalue weighted by Gasteiger charge is -2.12. The molecular formula is C11H11F2N3. The van der Waals surface area contributed by atoms with E-state index in [1.54, 1.807) is 13.1 Å². The summed E-state index contributed by atoms with van der Waals surface area (Å²) >= 11 is 0. The molecule has 0 fully saturated rings. The van der Waals surface area contributed by atoms with E-state index in [4.69, 9.17) is 5.73 Å². The number of hydrogen-bond acceptors (Lipinski definition) is 2. The number of aromatic nitrogens is 2. The summed E-state index contributed by atoms with van der Waals surface area (Å²) < 4.78 is 27.3. The largest absolute Gasteiger partial charge is 0.347 e. The molecule has 1 atom stereocenters. The second kappa shape index (κ2) is 4.02. The van der Waals surface area contributed by atoms with E-state index in [0.29, 0.717) is 11.4 Å². The molecule has 2 rings (SSSR count). The highest BCUT2D eigenvalue weighted by Gasteiger charge is 2.21. The van der Waals surface area contributed by atoms with Crippen molar-refractivity contribution in [2.24, 2.45) is 5.73 Å². The highest BCUT2D eigenvalue weighted by atomic mass is 19.1. The zero-order chi connectivity index (χ0) is 11.7. The Morgan fingerprint density at radius 2 is 2.12 bits per heavy atom. The van der Waals surface area contributed by atoms with Crippen LogP contribution in [0.25, 0.3) is 0 Å². The Kier molecular flexibility index (Phi) is 2.70. The number of rotatable bonds is 2. The van der Waals surface area contributed by atoms with E-state index >= 15 is 0 Å². The average Bonchev–Trinajstić information content (AvgIpc) is 2.77. The monoisotopic (exact) mass is 223 g/mol. The lowest BCUT2D eigenvalue weighted by molar-refractivity contribution is 0.533. The fourth-order valence-corrected chi connectivity index (χ4v) is 1.55. The highest BCUT2D eigenvalue weighted by molar-refractivity contribution is 5.32. The summed E-state index contributed by atoms with van der Waals surface area (Å²) in [6, 6.07) is 1.66. The molecule has 0 spiro atoms. The molecule has 2 aromatic rings. The first-order chi connectivity index (χ1) is 7.61. The van der Waals surface area contributed by atoms with E-state index in [1.165, 1.54) is 18.3 Å². The quantitative estimate of drug-likeness (QED) is 0.818. The summed E-state index contributed by atoms with van der Waals surface area (Å²) in [6.45, 7) is 1.56. The molecule has 1 unspecified atom stereocenters.